The SMILES string of the molecule is C/C=C/COc1ccc(OC)cc1OC. The minimum Gasteiger partial charge on any atom is -0.497 e. The lowest BCUT2D eigenvalue weighted by atomic mass is 10.3. The standard InChI is InChI=1S/C12H16O3/c1-4-5-8-15-11-7-6-10(13-2)9-12(11)14-3/h4-7,9H,8H2,1-3H3/b5-4+. The Morgan fingerprint density at radius 1 is 1.13 bits per heavy atom. The minimum atomic E-state index is 0.541. The Kier molecular flexibility index (Phi) is 4.54. The van der Waals surface area contributed by atoms with Gasteiger partial charge in [0.25, 0.3) is 0 Å². The third kappa shape index (κ3) is 3.20. The second kappa shape index (κ2) is 5.96. The molecule has 0 bridgehead atoms. The van der Waals surface area contributed by atoms with E-state index in [2.05, 4.69) is 0 Å². The van der Waals surface area contributed by atoms with E-state index in [-0.39, 0.29) is 0 Å². The molecule has 0 radical (unpaired) electrons. The summed E-state index contributed by atoms with van der Waals surface area (Å²) in [4.78, 5) is 0. The molecule has 1 aromatic carbocycles. The zero-order valence-electron chi connectivity index (χ0n) is 9.32. The van der Waals surface area contributed by atoms with Crippen LogP contribution in [-0.2, 0) is 0 Å². The second-order valence-electron chi connectivity index (χ2n) is 2.90. The van der Waals surface area contributed by atoms with Crippen molar-refractivity contribution in [3.05, 3.63) is 30.4 Å². The lowest BCUT2D eigenvalue weighted by Crippen LogP contribution is -1.96. The molecule has 0 N–H and O–H groups in total. The fraction of sp³-hybridized carbons (Fsp3) is 0.333. The topological polar surface area (TPSA) is 27.7 Å². The summed E-state index contributed by atoms with van der Waals surface area (Å²) in [5.41, 5.74) is 0. The van der Waals surface area contributed by atoms with Crippen molar-refractivity contribution in [2.45, 2.75) is 6.92 Å². The number of ether oxygens (including phenoxy) is 3. The maximum absolute atomic E-state index is 5.50. The van der Waals surface area contributed by atoms with Gasteiger partial charge < -0.3 is 14.2 Å². The summed E-state index contributed by atoms with van der Waals surface area (Å²) in [7, 11) is 3.23. The quantitative estimate of drug-likeness (QED) is 0.696. The van der Waals surface area contributed by atoms with Gasteiger partial charge in [0, 0.05) is 6.07 Å². The molecule has 0 aliphatic heterocycles. The number of rotatable bonds is 5. The summed E-state index contributed by atoms with van der Waals surface area (Å²) in [6, 6.07) is 5.47. The van der Waals surface area contributed by atoms with Crippen molar-refractivity contribution in [3.8, 4) is 17.2 Å². The van der Waals surface area contributed by atoms with Gasteiger partial charge in [-0.25, -0.2) is 0 Å². The smallest absolute Gasteiger partial charge is 0.164 e. The Morgan fingerprint density at radius 2 is 1.93 bits per heavy atom. The van der Waals surface area contributed by atoms with Gasteiger partial charge in [-0.1, -0.05) is 12.2 Å². The molecule has 0 heterocycles. The molecule has 3 heteroatoms. The van der Waals surface area contributed by atoms with Crippen LogP contribution in [0.1, 0.15) is 6.92 Å². The van der Waals surface area contributed by atoms with Crippen molar-refractivity contribution in [1.82, 2.24) is 0 Å². The molecule has 1 rings (SSSR count). The molecular formula is C12H16O3. The molecular weight excluding hydrogens is 192 g/mol. The summed E-state index contributed by atoms with van der Waals surface area (Å²) < 4.78 is 15.8. The van der Waals surface area contributed by atoms with Crippen LogP contribution in [0.25, 0.3) is 0 Å². The van der Waals surface area contributed by atoms with E-state index in [1.165, 1.54) is 0 Å². The van der Waals surface area contributed by atoms with Gasteiger partial charge in [0.2, 0.25) is 0 Å². The molecule has 82 valence electrons. The average Bonchev–Trinajstić information content (AvgIpc) is 2.29. The number of allylic oxidation sites excluding steroid dienone is 1. The molecule has 0 aliphatic rings. The molecule has 0 unspecified atom stereocenters. The highest BCUT2D eigenvalue weighted by atomic mass is 16.5. The van der Waals surface area contributed by atoms with Gasteiger partial charge in [-0.2, -0.15) is 0 Å². The second-order valence-corrected chi connectivity index (χ2v) is 2.90. The fourth-order valence-corrected chi connectivity index (χ4v) is 1.13. The van der Waals surface area contributed by atoms with Gasteiger partial charge in [-0.3, -0.25) is 0 Å². The molecule has 0 aliphatic carbocycles. The van der Waals surface area contributed by atoms with E-state index in [0.717, 1.165) is 11.5 Å². The summed E-state index contributed by atoms with van der Waals surface area (Å²) in [6.07, 6.45) is 3.87. The first kappa shape index (κ1) is 11.4. The lowest BCUT2D eigenvalue weighted by molar-refractivity contribution is 0.323. The van der Waals surface area contributed by atoms with Crippen molar-refractivity contribution < 1.29 is 14.2 Å². The normalized spacial score (nSPS) is 10.3. The molecule has 3 nitrogen and oxygen atoms in total. The average molecular weight is 208 g/mol. The van der Waals surface area contributed by atoms with Crippen LogP contribution in [0.4, 0.5) is 0 Å². The Morgan fingerprint density at radius 3 is 2.53 bits per heavy atom. The van der Waals surface area contributed by atoms with Crippen LogP contribution in [-0.4, -0.2) is 20.8 Å². The van der Waals surface area contributed by atoms with Gasteiger partial charge in [0.1, 0.15) is 12.4 Å². The summed E-state index contributed by atoms with van der Waals surface area (Å²) >= 11 is 0. The molecule has 0 amide bonds. The summed E-state index contributed by atoms with van der Waals surface area (Å²) in [6.45, 7) is 2.49. The third-order valence-corrected chi connectivity index (χ3v) is 1.94. The van der Waals surface area contributed by atoms with E-state index in [1.54, 1.807) is 20.3 Å². The first-order valence-corrected chi connectivity index (χ1v) is 4.77. The van der Waals surface area contributed by atoms with E-state index >= 15 is 0 Å². The van der Waals surface area contributed by atoms with E-state index in [9.17, 15) is 0 Å². The first-order valence-electron chi connectivity index (χ1n) is 4.77. The van der Waals surface area contributed by atoms with Gasteiger partial charge >= 0.3 is 0 Å². The van der Waals surface area contributed by atoms with Crippen LogP contribution in [0.5, 0.6) is 17.2 Å². The van der Waals surface area contributed by atoms with E-state index < -0.39 is 0 Å². The van der Waals surface area contributed by atoms with Crippen molar-refractivity contribution in [2.24, 2.45) is 0 Å². The van der Waals surface area contributed by atoms with Gasteiger partial charge in [-0.05, 0) is 19.1 Å². The fourth-order valence-electron chi connectivity index (χ4n) is 1.13. The molecule has 0 saturated carbocycles. The van der Waals surface area contributed by atoms with Crippen LogP contribution >= 0.6 is 0 Å². The van der Waals surface area contributed by atoms with Gasteiger partial charge in [0.05, 0.1) is 14.2 Å². The Hall–Kier alpha value is -1.64. The highest BCUT2D eigenvalue weighted by molar-refractivity contribution is 5.45. The highest BCUT2D eigenvalue weighted by Gasteiger charge is 2.04. The molecule has 0 spiro atoms. The zero-order chi connectivity index (χ0) is 11.1. The predicted molar refractivity (Wildman–Crippen MR) is 59.9 cm³/mol. The molecule has 15 heavy (non-hydrogen) atoms. The summed E-state index contributed by atoms with van der Waals surface area (Å²) in [5.74, 6) is 2.15. The molecule has 0 fully saturated rings. The molecule has 0 saturated heterocycles. The predicted octanol–water partition coefficient (Wildman–Crippen LogP) is 2.66. The Balaban J connectivity index is 2.78. The van der Waals surface area contributed by atoms with Crippen LogP contribution in [0, 0.1) is 0 Å². The van der Waals surface area contributed by atoms with Crippen molar-refractivity contribution in [2.75, 3.05) is 20.8 Å². The number of hydrogen-bond acceptors (Lipinski definition) is 3. The monoisotopic (exact) mass is 208 g/mol. The Labute approximate surface area is 90.3 Å². The van der Waals surface area contributed by atoms with Crippen molar-refractivity contribution >= 4 is 0 Å². The molecule has 1 aromatic rings. The van der Waals surface area contributed by atoms with Crippen molar-refractivity contribution in [3.63, 3.8) is 0 Å². The van der Waals surface area contributed by atoms with Gasteiger partial charge in [0.15, 0.2) is 11.5 Å². The van der Waals surface area contributed by atoms with Gasteiger partial charge in [-0.15, -0.1) is 0 Å². The summed E-state index contributed by atoms with van der Waals surface area (Å²) in [5, 5.41) is 0. The minimum absolute atomic E-state index is 0.541. The van der Waals surface area contributed by atoms with E-state index in [4.69, 9.17) is 14.2 Å². The van der Waals surface area contributed by atoms with Crippen molar-refractivity contribution in [1.29, 1.82) is 0 Å². The van der Waals surface area contributed by atoms with Crippen LogP contribution < -0.4 is 14.2 Å². The Bertz CT molecular complexity index is 332. The third-order valence-electron chi connectivity index (χ3n) is 1.94. The number of hydrogen-bond donors (Lipinski definition) is 0. The van der Waals surface area contributed by atoms with E-state index in [1.807, 2.05) is 31.2 Å². The van der Waals surface area contributed by atoms with Crippen LogP contribution in [0.2, 0.25) is 0 Å². The lowest BCUT2D eigenvalue weighted by Gasteiger charge is -2.10. The first-order chi connectivity index (χ1) is 7.31. The number of methoxy groups -OCH3 is 2. The van der Waals surface area contributed by atoms with Crippen LogP contribution in [0.15, 0.2) is 30.4 Å². The molecule has 0 aromatic heterocycles. The maximum atomic E-state index is 5.50. The largest absolute Gasteiger partial charge is 0.497 e. The zero-order valence-corrected chi connectivity index (χ0v) is 9.32. The van der Waals surface area contributed by atoms with E-state index in [0.29, 0.717) is 12.4 Å². The number of benzene rings is 1. The maximum Gasteiger partial charge on any atom is 0.164 e. The highest BCUT2D eigenvalue weighted by Crippen LogP contribution is 2.30. The molecule has 0 atom stereocenters. The van der Waals surface area contributed by atoms with Crippen LogP contribution in [0.3, 0.4) is 0 Å².